The minimum atomic E-state index is -0.445. The number of allylic oxidation sites excluding steroid dienone is 2. The van der Waals surface area contributed by atoms with Crippen molar-refractivity contribution in [1.29, 1.82) is 0 Å². The van der Waals surface area contributed by atoms with Crippen LogP contribution in [0.2, 0.25) is 0 Å². The Morgan fingerprint density at radius 1 is 0.826 bits per heavy atom. The number of hydrogen-bond acceptors (Lipinski definition) is 6. The van der Waals surface area contributed by atoms with Crippen LogP contribution in [0.1, 0.15) is 43.2 Å². The molecule has 122 valence electrons. The molecule has 1 aromatic carbocycles. The third-order valence-electron chi connectivity index (χ3n) is 4.12. The van der Waals surface area contributed by atoms with Gasteiger partial charge in [-0.15, -0.1) is 0 Å². The zero-order chi connectivity index (χ0) is 16.7. The first kappa shape index (κ1) is 15.4. The van der Waals surface area contributed by atoms with Crippen molar-refractivity contribution in [2.45, 2.75) is 32.1 Å². The lowest BCUT2D eigenvalue weighted by atomic mass is 9.93. The largest absolute Gasteiger partial charge is 0.490 e. The van der Waals surface area contributed by atoms with E-state index >= 15 is 0 Å². The van der Waals surface area contributed by atoms with E-state index in [1.807, 2.05) is 0 Å². The summed E-state index contributed by atoms with van der Waals surface area (Å²) in [6.45, 7) is 2.67. The van der Waals surface area contributed by atoms with Gasteiger partial charge in [-0.25, -0.2) is 0 Å². The van der Waals surface area contributed by atoms with Gasteiger partial charge < -0.3 is 18.9 Å². The predicted octanol–water partition coefficient (Wildman–Crippen LogP) is 2.70. The van der Waals surface area contributed by atoms with Gasteiger partial charge in [-0.05, 0) is 6.42 Å². The van der Waals surface area contributed by atoms with Crippen LogP contribution in [0.4, 0.5) is 0 Å². The van der Waals surface area contributed by atoms with E-state index in [-0.39, 0.29) is 23.3 Å². The average molecular weight is 318 g/mol. The zero-order valence-electron chi connectivity index (χ0n) is 13.5. The summed E-state index contributed by atoms with van der Waals surface area (Å²) in [6.07, 6.45) is 5.00. The molecule has 2 unspecified atom stereocenters. The summed E-state index contributed by atoms with van der Waals surface area (Å²) in [5.41, 5.74) is 1.67. The molecular formula is C17H18O6. The van der Waals surface area contributed by atoms with Crippen molar-refractivity contribution in [3.05, 3.63) is 23.3 Å². The van der Waals surface area contributed by atoms with Crippen LogP contribution in [0.5, 0.6) is 23.0 Å². The molecule has 23 heavy (non-hydrogen) atoms. The fraction of sp³-hybridized carbons (Fsp3) is 0.412. The molecule has 0 spiro atoms. The highest BCUT2D eigenvalue weighted by Gasteiger charge is 2.42. The maximum absolute atomic E-state index is 11.5. The highest BCUT2D eigenvalue weighted by Crippen LogP contribution is 2.61. The van der Waals surface area contributed by atoms with Crippen LogP contribution in [0.25, 0.3) is 0 Å². The van der Waals surface area contributed by atoms with Gasteiger partial charge in [0.15, 0.2) is 11.5 Å². The van der Waals surface area contributed by atoms with E-state index in [2.05, 4.69) is 12.2 Å². The molecule has 2 aliphatic rings. The highest BCUT2D eigenvalue weighted by atomic mass is 16.6. The summed E-state index contributed by atoms with van der Waals surface area (Å²) in [7, 11) is 2.91. The number of ether oxygens (including phenoxy) is 4. The highest BCUT2D eigenvalue weighted by molar-refractivity contribution is 5.80. The number of hydrogen-bond donors (Lipinski definition) is 0. The summed E-state index contributed by atoms with van der Waals surface area (Å²) in [5, 5.41) is 0. The van der Waals surface area contributed by atoms with Gasteiger partial charge in [-0.1, -0.05) is 12.2 Å². The topological polar surface area (TPSA) is 71.1 Å². The molecule has 6 heteroatoms. The van der Waals surface area contributed by atoms with Crippen molar-refractivity contribution >= 4 is 11.9 Å². The molecule has 0 amide bonds. The van der Waals surface area contributed by atoms with E-state index in [0.717, 1.165) is 17.5 Å². The number of carbonyl (C=O) groups excluding carboxylic acids is 2. The monoisotopic (exact) mass is 318 g/mol. The Morgan fingerprint density at radius 2 is 1.22 bits per heavy atom. The number of esters is 2. The fourth-order valence-electron chi connectivity index (χ4n) is 3.42. The Kier molecular flexibility index (Phi) is 3.75. The molecule has 0 radical (unpaired) electrons. The van der Waals surface area contributed by atoms with Gasteiger partial charge in [0.05, 0.1) is 14.2 Å². The number of benzene rings is 1. The van der Waals surface area contributed by atoms with Gasteiger partial charge in [-0.2, -0.15) is 0 Å². The molecule has 2 bridgehead atoms. The van der Waals surface area contributed by atoms with Crippen LogP contribution in [0, 0.1) is 0 Å². The Morgan fingerprint density at radius 3 is 1.52 bits per heavy atom. The van der Waals surface area contributed by atoms with E-state index in [0.29, 0.717) is 11.5 Å². The van der Waals surface area contributed by atoms with E-state index in [9.17, 15) is 9.59 Å². The molecule has 0 fully saturated rings. The first-order valence-electron chi connectivity index (χ1n) is 7.34. The van der Waals surface area contributed by atoms with Crippen LogP contribution in [0.15, 0.2) is 12.2 Å². The van der Waals surface area contributed by atoms with Crippen molar-refractivity contribution in [2.24, 2.45) is 0 Å². The Bertz CT molecular complexity index is 660. The van der Waals surface area contributed by atoms with Crippen molar-refractivity contribution < 1.29 is 28.5 Å². The van der Waals surface area contributed by atoms with Gasteiger partial charge >= 0.3 is 11.9 Å². The number of carbonyl (C=O) groups is 2. The van der Waals surface area contributed by atoms with E-state index < -0.39 is 11.9 Å². The third-order valence-corrected chi connectivity index (χ3v) is 4.12. The van der Waals surface area contributed by atoms with Crippen molar-refractivity contribution in [3.63, 3.8) is 0 Å². The molecule has 0 N–H and O–H groups in total. The van der Waals surface area contributed by atoms with Gasteiger partial charge in [0.2, 0.25) is 11.5 Å². The SMILES string of the molecule is COc1c(OC)c(OC(C)=O)c2c(c1OC(C)=O)C1C=CC2C1. The summed E-state index contributed by atoms with van der Waals surface area (Å²) in [6, 6.07) is 0. The first-order valence-corrected chi connectivity index (χ1v) is 7.34. The second kappa shape index (κ2) is 5.61. The summed E-state index contributed by atoms with van der Waals surface area (Å²) < 4.78 is 21.6. The molecule has 2 aliphatic carbocycles. The van der Waals surface area contributed by atoms with Crippen molar-refractivity contribution in [1.82, 2.24) is 0 Å². The fourth-order valence-corrected chi connectivity index (χ4v) is 3.42. The van der Waals surface area contributed by atoms with Gasteiger partial charge in [0.25, 0.3) is 0 Å². The van der Waals surface area contributed by atoms with Crippen LogP contribution in [0.3, 0.4) is 0 Å². The van der Waals surface area contributed by atoms with Crippen LogP contribution in [-0.4, -0.2) is 26.2 Å². The third kappa shape index (κ3) is 2.34. The Labute approximate surface area is 134 Å². The zero-order valence-corrected chi connectivity index (χ0v) is 13.5. The number of methoxy groups -OCH3 is 2. The maximum atomic E-state index is 11.5. The molecule has 0 saturated heterocycles. The van der Waals surface area contributed by atoms with E-state index in [1.165, 1.54) is 28.1 Å². The molecular weight excluding hydrogens is 300 g/mol. The van der Waals surface area contributed by atoms with Crippen LogP contribution < -0.4 is 18.9 Å². The van der Waals surface area contributed by atoms with E-state index in [1.54, 1.807) is 0 Å². The predicted molar refractivity (Wildman–Crippen MR) is 81.4 cm³/mol. The smallest absolute Gasteiger partial charge is 0.308 e. The molecule has 0 saturated carbocycles. The average Bonchev–Trinajstić information content (AvgIpc) is 3.09. The molecule has 3 rings (SSSR count). The van der Waals surface area contributed by atoms with E-state index in [4.69, 9.17) is 18.9 Å². The lowest BCUT2D eigenvalue weighted by Crippen LogP contribution is -2.12. The van der Waals surface area contributed by atoms with Gasteiger partial charge in [0.1, 0.15) is 0 Å². The summed E-state index contributed by atoms with van der Waals surface area (Å²) in [5.74, 6) is 0.549. The van der Waals surface area contributed by atoms with Crippen LogP contribution in [-0.2, 0) is 9.59 Å². The normalized spacial score (nSPS) is 20.2. The maximum Gasteiger partial charge on any atom is 0.308 e. The molecule has 0 heterocycles. The minimum Gasteiger partial charge on any atom is -0.490 e. The molecule has 0 aliphatic heterocycles. The molecule has 2 atom stereocenters. The second-order valence-corrected chi connectivity index (χ2v) is 5.57. The second-order valence-electron chi connectivity index (χ2n) is 5.57. The summed E-state index contributed by atoms with van der Waals surface area (Å²) >= 11 is 0. The Hall–Kier alpha value is -2.50. The molecule has 6 nitrogen and oxygen atoms in total. The van der Waals surface area contributed by atoms with Crippen molar-refractivity contribution in [3.8, 4) is 23.0 Å². The Balaban J connectivity index is 2.31. The molecule has 0 aromatic heterocycles. The quantitative estimate of drug-likeness (QED) is 0.483. The minimum absolute atomic E-state index is 0.110. The van der Waals surface area contributed by atoms with Crippen molar-refractivity contribution in [2.75, 3.05) is 14.2 Å². The molecule has 1 aromatic rings. The number of rotatable bonds is 4. The first-order chi connectivity index (χ1) is 11.0. The number of fused-ring (bicyclic) bond motifs is 5. The van der Waals surface area contributed by atoms with Crippen LogP contribution >= 0.6 is 0 Å². The summed E-state index contributed by atoms with van der Waals surface area (Å²) in [4.78, 5) is 23.1. The van der Waals surface area contributed by atoms with Gasteiger partial charge in [-0.3, -0.25) is 9.59 Å². The standard InChI is InChI=1S/C17H18O6/c1-8(18)22-14-12-10-5-6-11(7-10)13(12)15(23-9(2)19)17(21-4)16(14)20-3/h5-6,10-11H,7H2,1-4H3. The lowest BCUT2D eigenvalue weighted by Gasteiger charge is -2.23. The van der Waals surface area contributed by atoms with Gasteiger partial charge in [0, 0.05) is 36.8 Å². The lowest BCUT2D eigenvalue weighted by molar-refractivity contribution is -0.133.